The van der Waals surface area contributed by atoms with Gasteiger partial charge in [0, 0.05) is 24.5 Å². The van der Waals surface area contributed by atoms with E-state index < -0.39 is 35.6 Å². The van der Waals surface area contributed by atoms with Gasteiger partial charge in [-0.25, -0.2) is 0 Å². The van der Waals surface area contributed by atoms with E-state index in [0.717, 1.165) is 10.8 Å². The molecule has 0 aromatic heterocycles. The minimum Gasteiger partial charge on any atom is -0.394 e. The Morgan fingerprint density at radius 1 is 0.977 bits per heavy atom. The quantitative estimate of drug-likeness (QED) is 0.361. The van der Waals surface area contributed by atoms with Crippen molar-refractivity contribution >= 4 is 39.9 Å². The molecule has 3 aliphatic rings. The van der Waals surface area contributed by atoms with Crippen LogP contribution < -0.4 is 9.80 Å². The number of ether oxygens (including phenoxy) is 1. The molecule has 1 spiro atoms. The van der Waals surface area contributed by atoms with Crippen molar-refractivity contribution in [3.8, 4) is 0 Å². The first kappa shape index (κ1) is 28.8. The van der Waals surface area contributed by atoms with Crippen molar-refractivity contribution in [3.63, 3.8) is 0 Å². The minimum atomic E-state index is -1.19. The number of para-hydroxylation sites is 1. The van der Waals surface area contributed by atoms with Gasteiger partial charge in [-0.15, -0.1) is 13.2 Å². The van der Waals surface area contributed by atoms with Crippen molar-refractivity contribution in [1.29, 1.82) is 0 Å². The van der Waals surface area contributed by atoms with Crippen LogP contribution in [0.4, 0.5) is 11.4 Å². The van der Waals surface area contributed by atoms with Gasteiger partial charge in [0.25, 0.3) is 5.91 Å². The number of likely N-dealkylation sites (tertiary alicyclic amines) is 1. The minimum absolute atomic E-state index is 0.219. The van der Waals surface area contributed by atoms with Gasteiger partial charge >= 0.3 is 0 Å². The van der Waals surface area contributed by atoms with Crippen LogP contribution in [0, 0.1) is 11.8 Å². The van der Waals surface area contributed by atoms with E-state index in [2.05, 4.69) is 13.2 Å². The van der Waals surface area contributed by atoms with E-state index in [-0.39, 0.29) is 37.4 Å². The van der Waals surface area contributed by atoms with Crippen LogP contribution in [-0.4, -0.2) is 71.2 Å². The molecular formula is C35H37N3O5. The lowest BCUT2D eigenvalue weighted by atomic mass is 9.70. The smallest absolute Gasteiger partial charge is 0.253 e. The summed E-state index contributed by atoms with van der Waals surface area (Å²) >= 11 is 0. The molecule has 6 atom stereocenters. The molecule has 3 fully saturated rings. The standard InChI is InChI=1S/C35H37N3O5/c1-4-19-36(26-13-7-6-8-14-26)32(40)29-28-17-18-35(43-28)30(29)33(41)38(23(3)22-39)31(35)34(42)37(20-5-2)27-16-15-24-11-9-10-12-25(24)21-27/h4-16,21,23,28-31,39H,1-2,17-20,22H2,3H3/t23-,28+,29-,30+,31?,35?/m1/s1. The fourth-order valence-corrected chi connectivity index (χ4v) is 7.40. The summed E-state index contributed by atoms with van der Waals surface area (Å²) in [5.74, 6) is -2.48. The zero-order chi connectivity index (χ0) is 30.3. The first-order chi connectivity index (χ1) is 20.9. The zero-order valence-corrected chi connectivity index (χ0v) is 24.3. The average molecular weight is 580 g/mol. The molecule has 3 aromatic rings. The summed E-state index contributed by atoms with van der Waals surface area (Å²) in [5.41, 5.74) is 0.195. The normalized spacial score (nSPS) is 26.3. The summed E-state index contributed by atoms with van der Waals surface area (Å²) in [5, 5.41) is 12.3. The average Bonchev–Trinajstić information content (AvgIpc) is 3.69. The lowest BCUT2D eigenvalue weighted by Gasteiger charge is -2.38. The van der Waals surface area contributed by atoms with Crippen molar-refractivity contribution in [2.75, 3.05) is 29.5 Å². The van der Waals surface area contributed by atoms with E-state index in [1.54, 1.807) is 28.9 Å². The number of benzene rings is 3. The number of aliphatic hydroxyl groups is 1. The summed E-state index contributed by atoms with van der Waals surface area (Å²) in [4.78, 5) is 48.1. The summed E-state index contributed by atoms with van der Waals surface area (Å²) < 4.78 is 6.65. The van der Waals surface area contributed by atoms with E-state index in [1.165, 1.54) is 4.90 Å². The number of rotatable bonds is 10. The van der Waals surface area contributed by atoms with Gasteiger partial charge in [0.05, 0.1) is 30.6 Å². The van der Waals surface area contributed by atoms with Crippen LogP contribution in [0.25, 0.3) is 10.8 Å². The van der Waals surface area contributed by atoms with E-state index in [4.69, 9.17) is 4.74 Å². The molecule has 3 heterocycles. The maximum absolute atomic E-state index is 14.7. The van der Waals surface area contributed by atoms with Gasteiger partial charge in [0.2, 0.25) is 11.8 Å². The Bertz CT molecular complexity index is 1570. The van der Waals surface area contributed by atoms with Gasteiger partial charge in [0.1, 0.15) is 11.6 Å². The van der Waals surface area contributed by atoms with Crippen molar-refractivity contribution in [2.24, 2.45) is 11.8 Å². The largest absolute Gasteiger partial charge is 0.394 e. The molecule has 6 rings (SSSR count). The highest BCUT2D eigenvalue weighted by atomic mass is 16.5. The van der Waals surface area contributed by atoms with Crippen LogP contribution in [0.5, 0.6) is 0 Å². The van der Waals surface area contributed by atoms with Gasteiger partial charge in [-0.1, -0.05) is 60.7 Å². The summed E-state index contributed by atoms with van der Waals surface area (Å²) in [6.45, 7) is 9.62. The van der Waals surface area contributed by atoms with Crippen LogP contribution >= 0.6 is 0 Å². The van der Waals surface area contributed by atoms with Crippen molar-refractivity contribution in [1.82, 2.24) is 4.90 Å². The molecule has 3 aromatic carbocycles. The lowest BCUT2D eigenvalue weighted by Crippen LogP contribution is -2.58. The number of aliphatic hydroxyl groups excluding tert-OH is 1. The molecule has 3 saturated heterocycles. The van der Waals surface area contributed by atoms with E-state index in [1.807, 2.05) is 72.8 Å². The molecule has 0 aliphatic carbocycles. The number of amides is 3. The third-order valence-electron chi connectivity index (χ3n) is 9.26. The third kappa shape index (κ3) is 4.56. The molecule has 43 heavy (non-hydrogen) atoms. The Morgan fingerprint density at radius 2 is 1.63 bits per heavy atom. The molecule has 222 valence electrons. The van der Waals surface area contributed by atoms with Gasteiger partial charge in [0.15, 0.2) is 0 Å². The number of fused-ring (bicyclic) bond motifs is 2. The Hall–Kier alpha value is -4.27. The number of hydrogen-bond acceptors (Lipinski definition) is 5. The molecular weight excluding hydrogens is 542 g/mol. The fourth-order valence-electron chi connectivity index (χ4n) is 7.40. The van der Waals surface area contributed by atoms with Crippen LogP contribution in [-0.2, 0) is 19.1 Å². The second-order valence-electron chi connectivity index (χ2n) is 11.7. The van der Waals surface area contributed by atoms with Gasteiger partial charge in [-0.05, 0) is 54.8 Å². The van der Waals surface area contributed by atoms with Crippen molar-refractivity contribution in [3.05, 3.63) is 98.1 Å². The van der Waals surface area contributed by atoms with Crippen molar-refractivity contribution in [2.45, 2.75) is 43.6 Å². The predicted molar refractivity (Wildman–Crippen MR) is 166 cm³/mol. The van der Waals surface area contributed by atoms with E-state index in [9.17, 15) is 19.5 Å². The zero-order valence-electron chi connectivity index (χ0n) is 24.3. The molecule has 0 saturated carbocycles. The number of carbonyl (C=O) groups excluding carboxylic acids is 3. The first-order valence-corrected chi connectivity index (χ1v) is 14.9. The van der Waals surface area contributed by atoms with Crippen LogP contribution in [0.15, 0.2) is 98.1 Å². The van der Waals surface area contributed by atoms with Crippen LogP contribution in [0.3, 0.4) is 0 Å². The Morgan fingerprint density at radius 3 is 2.30 bits per heavy atom. The molecule has 8 nitrogen and oxygen atoms in total. The molecule has 2 unspecified atom stereocenters. The molecule has 3 amide bonds. The van der Waals surface area contributed by atoms with Gasteiger partial charge < -0.3 is 24.5 Å². The fraction of sp³-hybridized carbons (Fsp3) is 0.343. The van der Waals surface area contributed by atoms with Gasteiger partial charge in [-0.2, -0.15) is 0 Å². The maximum atomic E-state index is 14.7. The first-order valence-electron chi connectivity index (χ1n) is 14.9. The third-order valence-corrected chi connectivity index (χ3v) is 9.26. The highest BCUT2D eigenvalue weighted by molar-refractivity contribution is 6.07. The number of hydrogen-bond donors (Lipinski definition) is 1. The second-order valence-corrected chi connectivity index (χ2v) is 11.7. The van der Waals surface area contributed by atoms with Crippen LogP contribution in [0.1, 0.15) is 19.8 Å². The summed E-state index contributed by atoms with van der Waals surface area (Å²) in [6.07, 6.45) is 3.85. The Balaban J connectivity index is 1.42. The SMILES string of the molecule is C=CCN(C(=O)C1N([C@H](C)CO)C(=O)[C@@H]2[C@H](C(=O)N(CC=C)c3ccccc3)[C@@H]3CCC12O3)c1ccc2ccccc2c1. The van der Waals surface area contributed by atoms with Gasteiger partial charge in [-0.3, -0.25) is 14.4 Å². The molecule has 0 radical (unpaired) electrons. The van der Waals surface area contributed by atoms with E-state index in [0.29, 0.717) is 24.2 Å². The Labute approximate surface area is 251 Å². The maximum Gasteiger partial charge on any atom is 0.253 e. The monoisotopic (exact) mass is 579 g/mol. The Kier molecular flexibility index (Phi) is 7.66. The van der Waals surface area contributed by atoms with Crippen LogP contribution in [0.2, 0.25) is 0 Å². The molecule has 8 heteroatoms. The highest BCUT2D eigenvalue weighted by Gasteiger charge is 2.75. The van der Waals surface area contributed by atoms with E-state index >= 15 is 0 Å². The highest BCUT2D eigenvalue weighted by Crippen LogP contribution is 2.59. The summed E-state index contributed by atoms with van der Waals surface area (Å²) in [6, 6.07) is 21.4. The molecule has 2 bridgehead atoms. The van der Waals surface area contributed by atoms with Crippen molar-refractivity contribution < 1.29 is 24.2 Å². The molecule has 1 N–H and O–H groups in total. The molecule has 3 aliphatic heterocycles. The number of nitrogens with zero attached hydrogens (tertiary/aromatic N) is 3. The summed E-state index contributed by atoms with van der Waals surface area (Å²) in [7, 11) is 0. The second kappa shape index (κ2) is 11.4. The lowest BCUT2D eigenvalue weighted by molar-refractivity contribution is -0.143. The topological polar surface area (TPSA) is 90.4 Å². The number of carbonyl (C=O) groups is 3. The number of anilines is 2. The predicted octanol–water partition coefficient (Wildman–Crippen LogP) is 4.33.